The molecule has 13 heavy (non-hydrogen) atoms. The van der Waals surface area contributed by atoms with Crippen molar-refractivity contribution in [3.8, 4) is 0 Å². The van der Waals surface area contributed by atoms with E-state index in [2.05, 4.69) is 0 Å². The van der Waals surface area contributed by atoms with Crippen LogP contribution >= 0.6 is 10.5 Å². The number of fused-ring (bicyclic) bond motifs is 1. The largest absolute Gasteiger partial charge is 0.473 e. The number of allylic oxidation sites excluding steroid dienone is 1. The summed E-state index contributed by atoms with van der Waals surface area (Å²) in [6, 6.07) is 7.58. The Bertz CT molecular complexity index is 500. The molecule has 1 aromatic carbocycles. The van der Waals surface area contributed by atoms with Gasteiger partial charge in [0, 0.05) is 4.51 Å². The van der Waals surface area contributed by atoms with Crippen LogP contribution < -0.4 is 5.22 Å². The molecule has 2 nitrogen and oxygen atoms in total. The Morgan fingerprint density at radius 3 is 2.85 bits per heavy atom. The molecule has 0 aromatic heterocycles. The molecule has 1 N–H and O–H groups in total. The highest BCUT2D eigenvalue weighted by atomic mass is 32.2. The summed E-state index contributed by atoms with van der Waals surface area (Å²) in [6.07, 6.45) is 3.74. The van der Waals surface area contributed by atoms with E-state index in [4.69, 9.17) is 5.11 Å². The molecule has 2 rings (SSSR count). The Balaban J connectivity index is 2.90. The second kappa shape index (κ2) is 3.18. The van der Waals surface area contributed by atoms with Gasteiger partial charge < -0.3 is 5.11 Å². The number of hydrogen-bond donors (Lipinski definition) is 1. The highest BCUT2D eigenvalue weighted by Crippen LogP contribution is 2.20. The quantitative estimate of drug-likeness (QED) is 0.640. The maximum atomic E-state index is 10.9. The van der Waals surface area contributed by atoms with E-state index < -0.39 is 15.8 Å². The second-order valence-electron chi connectivity index (χ2n) is 2.64. The SMILES string of the molecule is O=C(O)S1=c2ccccc2=CC=C1. The third kappa shape index (κ3) is 1.42. The first-order chi connectivity index (χ1) is 6.29. The minimum atomic E-state index is -0.767. The molecule has 0 saturated carbocycles. The van der Waals surface area contributed by atoms with E-state index >= 15 is 0 Å². The van der Waals surface area contributed by atoms with Crippen LogP contribution in [-0.2, 0) is 0 Å². The van der Waals surface area contributed by atoms with Crippen LogP contribution in [0.2, 0.25) is 0 Å². The molecule has 0 bridgehead atoms. The highest BCUT2D eigenvalue weighted by molar-refractivity contribution is 8.24. The van der Waals surface area contributed by atoms with Gasteiger partial charge in [0.15, 0.2) is 0 Å². The standard InChI is InChI=1S/C10H8O2S/c11-10(12)13-7-3-5-8-4-1-2-6-9(8)13/h1-7H,(H,11,12). The van der Waals surface area contributed by atoms with Crippen molar-refractivity contribution >= 4 is 21.9 Å². The minimum Gasteiger partial charge on any atom is -0.473 e. The molecule has 1 aliphatic rings. The van der Waals surface area contributed by atoms with Crippen molar-refractivity contribution in [3.63, 3.8) is 0 Å². The lowest BCUT2D eigenvalue weighted by Gasteiger charge is -2.01. The highest BCUT2D eigenvalue weighted by Gasteiger charge is 2.04. The summed E-state index contributed by atoms with van der Waals surface area (Å²) in [5, 5.41) is 10.9. The number of carboxylic acid groups (broad SMARTS) is 1. The fourth-order valence-corrected chi connectivity index (χ4v) is 2.57. The Labute approximate surface area is 77.8 Å². The maximum absolute atomic E-state index is 10.9. The van der Waals surface area contributed by atoms with Crippen molar-refractivity contribution in [2.75, 3.05) is 0 Å². The van der Waals surface area contributed by atoms with Crippen LogP contribution in [0.4, 0.5) is 4.79 Å². The average Bonchev–Trinajstić information content (AvgIpc) is 2.17. The van der Waals surface area contributed by atoms with Crippen molar-refractivity contribution in [1.82, 2.24) is 0 Å². The van der Waals surface area contributed by atoms with Gasteiger partial charge in [0.05, 0.1) is 0 Å². The van der Waals surface area contributed by atoms with E-state index in [0.29, 0.717) is 0 Å². The molecule has 3 heteroatoms. The fraction of sp³-hybridized carbons (Fsp3) is 0. The molecule has 1 atom stereocenters. The van der Waals surface area contributed by atoms with Gasteiger partial charge in [0.25, 0.3) is 0 Å². The lowest BCUT2D eigenvalue weighted by Crippen LogP contribution is -2.04. The molecule has 1 heterocycles. The van der Waals surface area contributed by atoms with Crippen LogP contribution in [-0.4, -0.2) is 10.4 Å². The Hall–Kier alpha value is -1.35. The van der Waals surface area contributed by atoms with Gasteiger partial charge in [-0.3, -0.25) is 0 Å². The molecule has 1 aliphatic heterocycles. The van der Waals surface area contributed by atoms with Crippen LogP contribution in [0, 0.1) is 4.51 Å². The van der Waals surface area contributed by atoms with Gasteiger partial charge in [-0.25, -0.2) is 4.79 Å². The predicted octanol–water partition coefficient (Wildman–Crippen LogP) is 2.19. The van der Waals surface area contributed by atoms with Crippen molar-refractivity contribution in [2.24, 2.45) is 0 Å². The van der Waals surface area contributed by atoms with Gasteiger partial charge in [-0.2, -0.15) is 0 Å². The lowest BCUT2D eigenvalue weighted by atomic mass is 10.3. The molecule has 1 aromatic rings. The number of hydrogen-bond acceptors (Lipinski definition) is 1. The van der Waals surface area contributed by atoms with Crippen molar-refractivity contribution in [2.45, 2.75) is 0 Å². The molecule has 0 saturated heterocycles. The summed E-state index contributed by atoms with van der Waals surface area (Å²) in [5.74, 6) is 0. The molecule has 0 spiro atoms. The second-order valence-corrected chi connectivity index (χ2v) is 4.37. The molecular formula is C10H8O2S. The fourth-order valence-electron chi connectivity index (χ4n) is 1.27. The molecule has 66 valence electrons. The zero-order valence-corrected chi connectivity index (χ0v) is 7.62. The summed E-state index contributed by atoms with van der Waals surface area (Å²) in [7, 11) is -0.766. The van der Waals surface area contributed by atoms with E-state index in [1.54, 1.807) is 11.5 Å². The molecule has 1 unspecified atom stereocenters. The topological polar surface area (TPSA) is 37.3 Å². The van der Waals surface area contributed by atoms with Crippen molar-refractivity contribution in [1.29, 1.82) is 0 Å². The third-order valence-electron chi connectivity index (χ3n) is 1.83. The molecule has 0 fully saturated rings. The Morgan fingerprint density at radius 1 is 1.31 bits per heavy atom. The molecule has 0 aliphatic carbocycles. The van der Waals surface area contributed by atoms with Gasteiger partial charge in [-0.1, -0.05) is 30.4 Å². The number of carbonyl (C=O) groups is 1. The first-order valence-corrected chi connectivity index (χ1v) is 5.14. The summed E-state index contributed by atoms with van der Waals surface area (Å²) < 4.78 is 0.900. The predicted molar refractivity (Wildman–Crippen MR) is 54.1 cm³/mol. The first kappa shape index (κ1) is 8.26. The molecule has 0 amide bonds. The summed E-state index contributed by atoms with van der Waals surface area (Å²) in [6.45, 7) is 0. The summed E-state index contributed by atoms with van der Waals surface area (Å²) >= 11 is 0. The minimum absolute atomic E-state index is 0.766. The van der Waals surface area contributed by atoms with E-state index in [1.807, 2.05) is 30.3 Å². The third-order valence-corrected chi connectivity index (χ3v) is 3.49. The zero-order valence-electron chi connectivity index (χ0n) is 6.81. The summed E-state index contributed by atoms with van der Waals surface area (Å²) in [5.41, 5.74) is 0. The smallest absolute Gasteiger partial charge is 0.363 e. The van der Waals surface area contributed by atoms with E-state index in [9.17, 15) is 4.79 Å². The van der Waals surface area contributed by atoms with Crippen molar-refractivity contribution in [3.05, 3.63) is 45.5 Å². The Kier molecular flexibility index (Phi) is 2.02. The van der Waals surface area contributed by atoms with Crippen LogP contribution in [0.15, 0.2) is 35.7 Å². The van der Waals surface area contributed by atoms with Crippen LogP contribution in [0.3, 0.4) is 0 Å². The van der Waals surface area contributed by atoms with Gasteiger partial charge in [-0.15, -0.1) is 0 Å². The average molecular weight is 192 g/mol. The number of rotatable bonds is 0. The van der Waals surface area contributed by atoms with Crippen LogP contribution in [0.25, 0.3) is 6.08 Å². The number of benzene rings is 1. The Morgan fingerprint density at radius 2 is 2.08 bits per heavy atom. The zero-order chi connectivity index (χ0) is 9.26. The van der Waals surface area contributed by atoms with Gasteiger partial charge >= 0.3 is 5.30 Å². The summed E-state index contributed by atoms with van der Waals surface area (Å²) in [4.78, 5) is 10.9. The van der Waals surface area contributed by atoms with Crippen LogP contribution in [0.5, 0.6) is 0 Å². The van der Waals surface area contributed by atoms with E-state index in [-0.39, 0.29) is 0 Å². The van der Waals surface area contributed by atoms with Gasteiger partial charge in [-0.05, 0) is 27.2 Å². The maximum Gasteiger partial charge on any atom is 0.363 e. The first-order valence-electron chi connectivity index (χ1n) is 3.85. The van der Waals surface area contributed by atoms with Gasteiger partial charge in [0.2, 0.25) is 0 Å². The van der Waals surface area contributed by atoms with E-state index in [1.165, 1.54) is 0 Å². The lowest BCUT2D eigenvalue weighted by molar-refractivity contribution is 0.222. The molecular weight excluding hydrogens is 184 g/mol. The molecule has 0 radical (unpaired) electrons. The van der Waals surface area contributed by atoms with Crippen LogP contribution in [0.1, 0.15) is 0 Å². The normalized spacial score (nSPS) is 18.9. The monoisotopic (exact) mass is 192 g/mol. The van der Waals surface area contributed by atoms with Crippen molar-refractivity contribution < 1.29 is 9.90 Å². The van der Waals surface area contributed by atoms with Gasteiger partial charge in [0.1, 0.15) is 0 Å². The van der Waals surface area contributed by atoms with E-state index in [0.717, 1.165) is 9.73 Å².